The molecule has 97 heavy (non-hydrogen) atoms. The molecule has 11 rings (SSSR count). The lowest BCUT2D eigenvalue weighted by atomic mass is 9.68. The van der Waals surface area contributed by atoms with Crippen molar-refractivity contribution in [2.75, 3.05) is 0 Å². The molecule has 10 aromatic rings. The first-order valence-corrected chi connectivity index (χ1v) is 31.9. The van der Waals surface area contributed by atoms with Gasteiger partial charge in [-0.3, -0.25) is 0 Å². The van der Waals surface area contributed by atoms with E-state index in [9.17, 15) is 52.7 Å². The first-order valence-electron chi connectivity index (χ1n) is 31.9. The first-order chi connectivity index (χ1) is 45.1. The number of fused-ring (bicyclic) bond motifs is 2. The summed E-state index contributed by atoms with van der Waals surface area (Å²) in [5.74, 6) is 0.590. The van der Waals surface area contributed by atoms with Crippen LogP contribution in [0.15, 0.2) is 188 Å². The number of benzene rings is 10. The molecular weight excluding hydrogens is 1250 g/mol. The number of hydrogen-bond donors (Lipinski definition) is 0. The lowest BCUT2D eigenvalue weighted by Crippen LogP contribution is -2.54. The van der Waals surface area contributed by atoms with Crippen LogP contribution in [-0.2, 0) is 16.2 Å². The molecule has 0 saturated heterocycles. The second-order valence-corrected chi connectivity index (χ2v) is 26.3. The third-order valence-electron chi connectivity index (χ3n) is 19.9. The Morgan fingerprint density at radius 1 is 0.247 bits per heavy atom. The van der Waals surface area contributed by atoms with Crippen LogP contribution in [0.2, 0.25) is 0 Å². The normalized spacial score (nSPS) is 13.0. The molecule has 0 N–H and O–H groups in total. The summed E-state index contributed by atoms with van der Waals surface area (Å²) >= 11 is 0. The Hall–Kier alpha value is -8.84. The number of alkyl halides is 12. The van der Waals surface area contributed by atoms with Gasteiger partial charge in [-0.15, -0.1) is 0 Å². The van der Waals surface area contributed by atoms with Crippen molar-refractivity contribution in [2.24, 2.45) is 0 Å². The summed E-state index contributed by atoms with van der Waals surface area (Å²) in [6.45, 7) is 31.1. The molecule has 1 aliphatic rings. The molecule has 0 spiro atoms. The molecule has 0 unspecified atom stereocenters. The lowest BCUT2D eigenvalue weighted by Gasteiger charge is -2.39. The summed E-state index contributed by atoms with van der Waals surface area (Å²) in [6, 6.07) is 53.5. The minimum absolute atomic E-state index is 0.184. The molecule has 0 aliphatic carbocycles. The molecule has 1 aliphatic heterocycles. The molecule has 0 aromatic heterocycles. The highest BCUT2D eigenvalue weighted by Gasteiger charge is 2.72. The van der Waals surface area contributed by atoms with Crippen LogP contribution in [-0.4, -0.2) is 24.7 Å². The molecule has 0 atom stereocenters. The van der Waals surface area contributed by atoms with E-state index in [1.807, 2.05) is 55.4 Å². The van der Waals surface area contributed by atoms with Crippen molar-refractivity contribution in [3.05, 3.63) is 316 Å². The second kappa shape index (κ2) is 27.9. The zero-order valence-electron chi connectivity index (χ0n) is 57.8. The fourth-order valence-electron chi connectivity index (χ4n) is 12.4. The largest absolute Gasteiger partial charge is 0.457 e. The molecule has 0 bridgehead atoms. The van der Waals surface area contributed by atoms with Gasteiger partial charge in [-0.1, -0.05) is 176 Å². The van der Waals surface area contributed by atoms with Crippen molar-refractivity contribution < 1.29 is 57.4 Å². The van der Waals surface area contributed by atoms with Crippen LogP contribution in [0.1, 0.15) is 135 Å². The Morgan fingerprint density at radius 2 is 0.515 bits per heavy atom. The fourth-order valence-corrected chi connectivity index (χ4v) is 12.4. The summed E-state index contributed by atoms with van der Waals surface area (Å²) in [7, 11) is 0. The van der Waals surface area contributed by atoms with E-state index in [0.717, 1.165) is 68.8 Å². The third kappa shape index (κ3) is 14.4. The van der Waals surface area contributed by atoms with Crippen LogP contribution in [0, 0.1) is 111 Å². The molecule has 0 radical (unpaired) electrons. The molecule has 10 aromatic carbocycles. The van der Waals surface area contributed by atoms with E-state index in [1.54, 1.807) is 105 Å². The summed E-state index contributed by atoms with van der Waals surface area (Å²) in [4.78, 5) is 0. The van der Waals surface area contributed by atoms with Gasteiger partial charge in [0.25, 0.3) is 0 Å². The van der Waals surface area contributed by atoms with Crippen LogP contribution in [0.3, 0.4) is 0 Å². The Kier molecular flexibility index (Phi) is 21.3. The molecule has 508 valence electrons. The fraction of sp³-hybridized carbons (Fsp3) is 0.286. The molecule has 13 heteroatoms. The van der Waals surface area contributed by atoms with E-state index in [1.165, 1.54) is 77.4 Å². The average Bonchev–Trinajstić information content (AvgIpc) is 0.732. The van der Waals surface area contributed by atoms with Crippen molar-refractivity contribution in [1.82, 2.24) is 0 Å². The van der Waals surface area contributed by atoms with E-state index in [2.05, 4.69) is 88.4 Å². The van der Waals surface area contributed by atoms with Crippen LogP contribution >= 0.6 is 0 Å². The Balaban J connectivity index is 0.000000166. The summed E-state index contributed by atoms with van der Waals surface area (Å²) < 4.78 is 177. The number of rotatable bonds is 7. The second-order valence-electron chi connectivity index (χ2n) is 26.3. The van der Waals surface area contributed by atoms with E-state index in [4.69, 9.17) is 4.74 Å². The van der Waals surface area contributed by atoms with Gasteiger partial charge in [0.2, 0.25) is 5.41 Å². The maximum atomic E-state index is 14.9. The molecule has 0 amide bonds. The van der Waals surface area contributed by atoms with Crippen molar-refractivity contribution in [3.8, 4) is 33.8 Å². The van der Waals surface area contributed by atoms with Gasteiger partial charge in [0.15, 0.2) is 0 Å². The van der Waals surface area contributed by atoms with E-state index in [-0.39, 0.29) is 27.8 Å². The molecule has 0 saturated carbocycles. The standard InChI is InChI=1S/C24H23F3.C22H22.C19H18F6.C19H19F3O/c1-16-10-12-21(14-18(16)3)23(24(25,26)27,20-8-6-5-7-9-20)22-13-11-17(2)19(4)15-22;1-15-5-7-21(13-17(15)3)19-9-11-20(12-10-19)22-8-6-16(2)18(4)14-22;1-11-5-7-15(9-13(11)3)17(18(20,21)22,19(23,24)25)16-8-6-12(2)14(4)10-16;1-10-6-14-16(8-12(10)3)23-17-9-13(4)11(2)7-15(17)18(14,5)19(20,21)22/h5-15H,1-4H3;5-14H,1-4H3;5-10H,1-4H3;6-9H,1-5H3. The maximum absolute atomic E-state index is 14.9. The molecular formula is C84H82F12O. The topological polar surface area (TPSA) is 9.23 Å². The minimum Gasteiger partial charge on any atom is -0.457 e. The lowest BCUT2D eigenvalue weighted by molar-refractivity contribution is -0.288. The van der Waals surface area contributed by atoms with Crippen molar-refractivity contribution in [1.29, 1.82) is 0 Å². The van der Waals surface area contributed by atoms with Crippen molar-refractivity contribution in [3.63, 3.8) is 0 Å². The predicted octanol–water partition coefficient (Wildman–Crippen LogP) is 25.3. The Morgan fingerprint density at radius 3 is 0.804 bits per heavy atom. The predicted molar refractivity (Wildman–Crippen MR) is 370 cm³/mol. The summed E-state index contributed by atoms with van der Waals surface area (Å²) in [5.41, 5.74) is 10.7. The van der Waals surface area contributed by atoms with Gasteiger partial charge in [0.1, 0.15) is 22.3 Å². The molecule has 1 nitrogen and oxygen atoms in total. The van der Waals surface area contributed by atoms with Crippen LogP contribution < -0.4 is 4.74 Å². The van der Waals surface area contributed by atoms with Gasteiger partial charge in [-0.25, -0.2) is 0 Å². The zero-order valence-corrected chi connectivity index (χ0v) is 57.8. The summed E-state index contributed by atoms with van der Waals surface area (Å²) in [6.07, 6.45) is -20.0. The highest BCUT2D eigenvalue weighted by Crippen LogP contribution is 2.59. The summed E-state index contributed by atoms with van der Waals surface area (Å²) in [5, 5.41) is 0. The highest BCUT2D eigenvalue weighted by molar-refractivity contribution is 5.72. The van der Waals surface area contributed by atoms with Crippen LogP contribution in [0.5, 0.6) is 11.5 Å². The zero-order chi connectivity index (χ0) is 71.9. The van der Waals surface area contributed by atoms with E-state index in [0.29, 0.717) is 33.8 Å². The Bertz CT molecular complexity index is 4260. The highest BCUT2D eigenvalue weighted by atomic mass is 19.4. The van der Waals surface area contributed by atoms with E-state index < -0.39 is 52.1 Å². The minimum atomic E-state index is -5.55. The number of ether oxygens (including phenoxy) is 1. The monoisotopic (exact) mass is 1330 g/mol. The average molecular weight is 1340 g/mol. The maximum Gasteiger partial charge on any atom is 0.411 e. The smallest absolute Gasteiger partial charge is 0.411 e. The molecule has 0 fully saturated rings. The quantitative estimate of drug-likeness (QED) is 0.114. The first kappa shape index (κ1) is 74.0. The van der Waals surface area contributed by atoms with Crippen LogP contribution in [0.4, 0.5) is 52.7 Å². The van der Waals surface area contributed by atoms with Gasteiger partial charge < -0.3 is 4.74 Å². The number of aryl methyl sites for hydroxylation is 16. The number of hydrogen-bond acceptors (Lipinski definition) is 1. The Labute approximate surface area is 563 Å². The molecule has 1 heterocycles. The van der Waals surface area contributed by atoms with Gasteiger partial charge in [-0.05, 0) is 269 Å². The third-order valence-corrected chi connectivity index (χ3v) is 19.9. The van der Waals surface area contributed by atoms with Gasteiger partial charge in [-0.2, -0.15) is 52.7 Å². The SMILES string of the molecule is Cc1cc2c(cc1C)C(C)(C(F)(F)F)c1cc(C)c(C)cc1O2.Cc1ccc(-c2ccc(-c3ccc(C)c(C)c3)cc2)cc1C.Cc1ccc(C(c2ccc(C)c(C)c2)(C(F)(F)F)C(F)(F)F)cc1C.Cc1ccc(C(c2ccccc2)(c2ccc(C)c(C)c2)C(F)(F)F)cc1C. The van der Waals surface area contributed by atoms with Gasteiger partial charge in [0, 0.05) is 11.1 Å². The number of halogens is 12. The van der Waals surface area contributed by atoms with E-state index >= 15 is 0 Å². The van der Waals surface area contributed by atoms with Gasteiger partial charge in [0.05, 0.1) is 0 Å². The van der Waals surface area contributed by atoms with Gasteiger partial charge >= 0.3 is 24.7 Å². The van der Waals surface area contributed by atoms with Crippen molar-refractivity contribution >= 4 is 0 Å². The van der Waals surface area contributed by atoms with Crippen molar-refractivity contribution in [2.45, 2.75) is 159 Å². The van der Waals surface area contributed by atoms with Crippen LogP contribution in [0.25, 0.3) is 22.3 Å².